The summed E-state index contributed by atoms with van der Waals surface area (Å²) in [5, 5.41) is 2.37. The summed E-state index contributed by atoms with van der Waals surface area (Å²) < 4.78 is 2.36. The van der Waals surface area contributed by atoms with Gasteiger partial charge in [-0.2, -0.15) is 0 Å². The highest BCUT2D eigenvalue weighted by Gasteiger charge is 2.35. The minimum absolute atomic E-state index is 0.0628. The Morgan fingerprint density at radius 1 is 0.345 bits per heavy atom. The van der Waals surface area contributed by atoms with Crippen LogP contribution in [-0.2, 0) is 5.41 Å². The van der Waals surface area contributed by atoms with Crippen LogP contribution >= 0.6 is 0 Å². The average molecular weight is 743 g/mol. The lowest BCUT2D eigenvalue weighted by molar-refractivity contribution is 0.660. The Morgan fingerprint density at radius 2 is 0.845 bits per heavy atom. The maximum Gasteiger partial charge on any atom is 0.164 e. The first-order chi connectivity index (χ1) is 28.5. The molecule has 0 radical (unpaired) electrons. The Hall–Kier alpha value is -7.43. The van der Waals surface area contributed by atoms with Crippen LogP contribution in [0.15, 0.2) is 194 Å². The van der Waals surface area contributed by atoms with Crippen LogP contribution in [0.1, 0.15) is 25.0 Å². The van der Waals surface area contributed by atoms with E-state index in [2.05, 4.69) is 188 Å². The smallest absolute Gasteiger partial charge is 0.164 e. The summed E-state index contributed by atoms with van der Waals surface area (Å²) in [7, 11) is 0. The molecule has 0 saturated carbocycles. The molecule has 58 heavy (non-hydrogen) atoms. The van der Waals surface area contributed by atoms with Crippen molar-refractivity contribution in [2.45, 2.75) is 19.3 Å². The predicted molar refractivity (Wildman–Crippen MR) is 239 cm³/mol. The van der Waals surface area contributed by atoms with Crippen LogP contribution in [0.4, 0.5) is 0 Å². The highest BCUT2D eigenvalue weighted by atomic mass is 15.0. The van der Waals surface area contributed by atoms with Gasteiger partial charge < -0.3 is 4.57 Å². The molecule has 0 N–H and O–H groups in total. The topological polar surface area (TPSA) is 43.6 Å². The van der Waals surface area contributed by atoms with Crippen LogP contribution in [0.25, 0.3) is 95.0 Å². The molecular weight excluding hydrogens is 705 g/mol. The number of rotatable bonds is 6. The Kier molecular flexibility index (Phi) is 7.80. The molecule has 11 rings (SSSR count). The van der Waals surface area contributed by atoms with E-state index in [-0.39, 0.29) is 5.41 Å². The minimum atomic E-state index is -0.0628. The highest BCUT2D eigenvalue weighted by Crippen LogP contribution is 2.49. The molecule has 1 aliphatic carbocycles. The van der Waals surface area contributed by atoms with E-state index in [4.69, 9.17) is 15.0 Å². The van der Waals surface area contributed by atoms with Crippen LogP contribution in [0.5, 0.6) is 0 Å². The van der Waals surface area contributed by atoms with Gasteiger partial charge in [0.2, 0.25) is 0 Å². The molecule has 8 aromatic carbocycles. The van der Waals surface area contributed by atoms with Crippen molar-refractivity contribution in [1.29, 1.82) is 0 Å². The molecule has 4 heteroatoms. The SMILES string of the molecule is CC1(C)c2ccccc2-c2ccc(-c3ccc4c(c3)c3ccc(-c5nc(-c6ccccc6)nc(-c6ccc(-c7ccccc7)cc6)n5)cc3n4-c3ccccc3)cc21. The molecule has 2 aromatic heterocycles. The van der Waals surface area contributed by atoms with E-state index in [9.17, 15) is 0 Å². The van der Waals surface area contributed by atoms with Gasteiger partial charge in [0.25, 0.3) is 0 Å². The van der Waals surface area contributed by atoms with E-state index in [1.54, 1.807) is 0 Å². The Bertz CT molecular complexity index is 3160. The van der Waals surface area contributed by atoms with Gasteiger partial charge >= 0.3 is 0 Å². The maximum absolute atomic E-state index is 5.14. The van der Waals surface area contributed by atoms with Crippen molar-refractivity contribution >= 4 is 21.8 Å². The second-order valence-corrected chi connectivity index (χ2v) is 15.7. The fourth-order valence-electron chi connectivity index (χ4n) is 8.87. The average Bonchev–Trinajstić information content (AvgIpc) is 3.74. The van der Waals surface area contributed by atoms with Gasteiger partial charge in [0, 0.05) is 38.6 Å². The van der Waals surface area contributed by atoms with Crippen molar-refractivity contribution in [3.63, 3.8) is 0 Å². The number of benzene rings is 8. The summed E-state index contributed by atoms with van der Waals surface area (Å²) in [6.07, 6.45) is 0. The lowest BCUT2D eigenvalue weighted by atomic mass is 9.81. The monoisotopic (exact) mass is 742 g/mol. The molecule has 0 bridgehead atoms. The van der Waals surface area contributed by atoms with Gasteiger partial charge in [0.15, 0.2) is 17.5 Å². The van der Waals surface area contributed by atoms with Gasteiger partial charge in [-0.15, -0.1) is 0 Å². The normalized spacial score (nSPS) is 12.8. The second kappa shape index (κ2) is 13.4. The molecule has 0 aliphatic heterocycles. The second-order valence-electron chi connectivity index (χ2n) is 15.7. The van der Waals surface area contributed by atoms with Crippen LogP contribution in [0.2, 0.25) is 0 Å². The molecule has 0 atom stereocenters. The predicted octanol–water partition coefficient (Wildman–Crippen LogP) is 13.6. The summed E-state index contributed by atoms with van der Waals surface area (Å²) in [6, 6.07) is 69.0. The Morgan fingerprint density at radius 3 is 1.57 bits per heavy atom. The summed E-state index contributed by atoms with van der Waals surface area (Å²) in [5.41, 5.74) is 16.3. The van der Waals surface area contributed by atoms with Crippen molar-refractivity contribution in [3.8, 4) is 73.2 Å². The molecule has 0 unspecified atom stereocenters. The Balaban J connectivity index is 1.06. The van der Waals surface area contributed by atoms with Crippen molar-refractivity contribution in [3.05, 3.63) is 205 Å². The zero-order valence-corrected chi connectivity index (χ0v) is 32.3. The van der Waals surface area contributed by atoms with E-state index in [1.807, 2.05) is 24.3 Å². The van der Waals surface area contributed by atoms with Crippen molar-refractivity contribution < 1.29 is 0 Å². The van der Waals surface area contributed by atoms with Crippen LogP contribution < -0.4 is 0 Å². The van der Waals surface area contributed by atoms with Gasteiger partial charge in [0.05, 0.1) is 11.0 Å². The molecule has 0 spiro atoms. The number of nitrogens with zero attached hydrogens (tertiary/aromatic N) is 4. The van der Waals surface area contributed by atoms with Crippen molar-refractivity contribution in [1.82, 2.24) is 19.5 Å². The first kappa shape index (κ1) is 33.9. The third kappa shape index (κ3) is 5.56. The third-order valence-corrected chi connectivity index (χ3v) is 11.9. The van der Waals surface area contributed by atoms with Crippen molar-refractivity contribution in [2.75, 3.05) is 0 Å². The molecule has 0 fully saturated rings. The van der Waals surface area contributed by atoms with E-state index in [0.717, 1.165) is 39.0 Å². The summed E-state index contributed by atoms with van der Waals surface area (Å²) in [4.78, 5) is 15.3. The molecule has 1 aliphatic rings. The minimum Gasteiger partial charge on any atom is -0.309 e. The molecule has 274 valence electrons. The third-order valence-electron chi connectivity index (χ3n) is 11.9. The van der Waals surface area contributed by atoms with Crippen LogP contribution in [-0.4, -0.2) is 19.5 Å². The Labute approximate surface area is 337 Å². The van der Waals surface area contributed by atoms with E-state index in [1.165, 1.54) is 49.7 Å². The number of hydrogen-bond donors (Lipinski definition) is 0. The standard InChI is InChI=1S/C54H38N4/c1-54(2)47-21-13-12-20-43(47)44-29-26-40(33-48(44)54)39-28-31-49-46(32-39)45-30-27-41(34-50(45)58(49)42-18-10-5-11-19-42)53-56-51(37-16-8-4-9-17-37)55-52(57-53)38-24-22-36(23-25-38)35-14-6-3-7-15-35/h3-34H,1-2H3. The largest absolute Gasteiger partial charge is 0.309 e. The fraction of sp³-hybridized carbons (Fsp3) is 0.0556. The van der Waals surface area contributed by atoms with Gasteiger partial charge in [-0.3, -0.25) is 0 Å². The van der Waals surface area contributed by atoms with Gasteiger partial charge in [-0.25, -0.2) is 15.0 Å². The molecule has 2 heterocycles. The first-order valence-corrected chi connectivity index (χ1v) is 19.9. The molecule has 0 saturated heterocycles. The molecule has 10 aromatic rings. The lowest BCUT2D eigenvalue weighted by Gasteiger charge is -2.22. The highest BCUT2D eigenvalue weighted by molar-refractivity contribution is 6.11. The summed E-state index contributed by atoms with van der Waals surface area (Å²) in [6.45, 7) is 4.69. The van der Waals surface area contributed by atoms with E-state index >= 15 is 0 Å². The fourth-order valence-corrected chi connectivity index (χ4v) is 8.87. The summed E-state index contributed by atoms with van der Waals surface area (Å²) >= 11 is 0. The molecular formula is C54H38N4. The number of fused-ring (bicyclic) bond motifs is 6. The quantitative estimate of drug-likeness (QED) is 0.170. The lowest BCUT2D eigenvalue weighted by Crippen LogP contribution is -2.14. The summed E-state index contributed by atoms with van der Waals surface area (Å²) in [5.74, 6) is 1.91. The van der Waals surface area contributed by atoms with Crippen LogP contribution in [0.3, 0.4) is 0 Å². The number of hydrogen-bond acceptors (Lipinski definition) is 3. The number of para-hydroxylation sites is 1. The van der Waals surface area contributed by atoms with E-state index in [0.29, 0.717) is 17.5 Å². The zero-order valence-electron chi connectivity index (χ0n) is 32.3. The van der Waals surface area contributed by atoms with Crippen LogP contribution in [0, 0.1) is 0 Å². The maximum atomic E-state index is 5.14. The molecule has 0 amide bonds. The zero-order chi connectivity index (χ0) is 38.8. The van der Waals surface area contributed by atoms with Gasteiger partial charge in [0.1, 0.15) is 0 Å². The van der Waals surface area contributed by atoms with E-state index < -0.39 is 0 Å². The molecule has 4 nitrogen and oxygen atoms in total. The first-order valence-electron chi connectivity index (χ1n) is 19.9. The van der Waals surface area contributed by atoms with Gasteiger partial charge in [-0.1, -0.05) is 172 Å². The van der Waals surface area contributed by atoms with Gasteiger partial charge in [-0.05, 0) is 80.9 Å². The van der Waals surface area contributed by atoms with Crippen molar-refractivity contribution in [2.24, 2.45) is 0 Å². The number of aromatic nitrogens is 4.